The average Bonchev–Trinajstić information content (AvgIpc) is 2.49. The number of nitriles is 1. The maximum atomic E-state index is 8.91. The second kappa shape index (κ2) is 10.0. The molecule has 0 radical (unpaired) electrons. The SMILES string of the molecule is CCOc1cc(C#N)ccc1OCCC(OCC)OCC. The summed E-state index contributed by atoms with van der Waals surface area (Å²) >= 11 is 0. The van der Waals surface area contributed by atoms with Crippen LogP contribution in [0.3, 0.4) is 0 Å². The van der Waals surface area contributed by atoms with E-state index < -0.39 is 0 Å². The van der Waals surface area contributed by atoms with Crippen LogP contribution in [0.1, 0.15) is 32.8 Å². The summed E-state index contributed by atoms with van der Waals surface area (Å²) in [5.74, 6) is 1.21. The van der Waals surface area contributed by atoms with Crippen molar-refractivity contribution in [3.63, 3.8) is 0 Å². The third-order valence-electron chi connectivity index (χ3n) is 2.69. The van der Waals surface area contributed by atoms with Crippen LogP contribution in [0, 0.1) is 11.3 Å². The topological polar surface area (TPSA) is 60.7 Å². The minimum absolute atomic E-state index is 0.256. The van der Waals surface area contributed by atoms with Gasteiger partial charge in [-0.2, -0.15) is 5.26 Å². The fourth-order valence-electron chi connectivity index (χ4n) is 1.82. The highest BCUT2D eigenvalue weighted by Gasteiger charge is 2.10. The molecule has 0 N–H and O–H groups in total. The third kappa shape index (κ3) is 6.03. The summed E-state index contributed by atoms with van der Waals surface area (Å²) in [7, 11) is 0. The molecular formula is C16H23NO4. The van der Waals surface area contributed by atoms with Gasteiger partial charge in [0.15, 0.2) is 17.8 Å². The second-order valence-corrected chi connectivity index (χ2v) is 4.18. The standard InChI is InChI=1S/C16H23NO4/c1-4-18-15-11-13(12-17)7-8-14(15)21-10-9-16(19-5-2)20-6-3/h7-8,11,16H,4-6,9-10H2,1-3H3. The Morgan fingerprint density at radius 3 is 2.29 bits per heavy atom. The fourth-order valence-corrected chi connectivity index (χ4v) is 1.82. The number of ether oxygens (including phenoxy) is 4. The van der Waals surface area contributed by atoms with E-state index >= 15 is 0 Å². The van der Waals surface area contributed by atoms with Crippen LogP contribution in [0.2, 0.25) is 0 Å². The van der Waals surface area contributed by atoms with Gasteiger partial charge in [0, 0.05) is 25.7 Å². The first kappa shape index (κ1) is 17.3. The minimum Gasteiger partial charge on any atom is -0.490 e. The monoisotopic (exact) mass is 293 g/mol. The number of nitrogens with zero attached hydrogens (tertiary/aromatic N) is 1. The van der Waals surface area contributed by atoms with E-state index in [2.05, 4.69) is 6.07 Å². The number of hydrogen-bond donors (Lipinski definition) is 0. The van der Waals surface area contributed by atoms with Gasteiger partial charge in [-0.3, -0.25) is 0 Å². The molecule has 0 aromatic heterocycles. The Morgan fingerprint density at radius 1 is 1.00 bits per heavy atom. The van der Waals surface area contributed by atoms with Crippen molar-refractivity contribution >= 4 is 0 Å². The van der Waals surface area contributed by atoms with Gasteiger partial charge in [-0.05, 0) is 32.9 Å². The van der Waals surface area contributed by atoms with Gasteiger partial charge >= 0.3 is 0 Å². The van der Waals surface area contributed by atoms with Crippen molar-refractivity contribution in [3.8, 4) is 17.6 Å². The summed E-state index contributed by atoms with van der Waals surface area (Å²) in [4.78, 5) is 0. The molecular weight excluding hydrogens is 270 g/mol. The van der Waals surface area contributed by atoms with Gasteiger partial charge in [0.25, 0.3) is 0 Å². The largest absolute Gasteiger partial charge is 0.490 e. The molecule has 5 heteroatoms. The first-order valence-electron chi connectivity index (χ1n) is 7.28. The van der Waals surface area contributed by atoms with E-state index in [0.717, 1.165) is 0 Å². The van der Waals surface area contributed by atoms with Crippen LogP contribution in [0.5, 0.6) is 11.5 Å². The molecule has 1 aromatic rings. The van der Waals surface area contributed by atoms with E-state index in [0.29, 0.717) is 49.9 Å². The van der Waals surface area contributed by atoms with Crippen molar-refractivity contribution in [3.05, 3.63) is 23.8 Å². The molecule has 0 heterocycles. The number of rotatable bonds is 10. The van der Waals surface area contributed by atoms with Crippen LogP contribution in [0.4, 0.5) is 0 Å². The molecule has 1 rings (SSSR count). The quantitative estimate of drug-likeness (QED) is 0.620. The zero-order chi connectivity index (χ0) is 15.5. The predicted molar refractivity (Wildman–Crippen MR) is 79.5 cm³/mol. The Morgan fingerprint density at radius 2 is 1.71 bits per heavy atom. The summed E-state index contributed by atoms with van der Waals surface area (Å²) in [5.41, 5.74) is 0.548. The summed E-state index contributed by atoms with van der Waals surface area (Å²) in [6.07, 6.45) is 0.377. The van der Waals surface area contributed by atoms with E-state index in [1.54, 1.807) is 18.2 Å². The molecule has 0 aliphatic carbocycles. The van der Waals surface area contributed by atoms with E-state index in [-0.39, 0.29) is 6.29 Å². The highest BCUT2D eigenvalue weighted by atomic mass is 16.7. The van der Waals surface area contributed by atoms with Gasteiger partial charge in [-0.15, -0.1) is 0 Å². The third-order valence-corrected chi connectivity index (χ3v) is 2.69. The van der Waals surface area contributed by atoms with Gasteiger partial charge in [0.1, 0.15) is 0 Å². The smallest absolute Gasteiger partial charge is 0.162 e. The zero-order valence-corrected chi connectivity index (χ0v) is 12.9. The molecule has 5 nitrogen and oxygen atoms in total. The first-order chi connectivity index (χ1) is 10.2. The van der Waals surface area contributed by atoms with E-state index in [1.165, 1.54) is 0 Å². The Labute approximate surface area is 126 Å². The van der Waals surface area contributed by atoms with Crippen molar-refractivity contribution in [2.24, 2.45) is 0 Å². The molecule has 21 heavy (non-hydrogen) atoms. The fraction of sp³-hybridized carbons (Fsp3) is 0.562. The molecule has 0 atom stereocenters. The predicted octanol–water partition coefficient (Wildman–Crippen LogP) is 3.12. The van der Waals surface area contributed by atoms with Gasteiger partial charge in [0.05, 0.1) is 24.8 Å². The maximum Gasteiger partial charge on any atom is 0.162 e. The Balaban J connectivity index is 2.59. The summed E-state index contributed by atoms with van der Waals surface area (Å²) < 4.78 is 22.1. The first-order valence-corrected chi connectivity index (χ1v) is 7.28. The lowest BCUT2D eigenvalue weighted by Crippen LogP contribution is -2.20. The molecule has 0 amide bonds. The van der Waals surface area contributed by atoms with Crippen LogP contribution in [0.15, 0.2) is 18.2 Å². The lowest BCUT2D eigenvalue weighted by molar-refractivity contribution is -0.142. The Bertz CT molecular complexity index is 450. The highest BCUT2D eigenvalue weighted by molar-refractivity contribution is 5.46. The van der Waals surface area contributed by atoms with Crippen LogP contribution < -0.4 is 9.47 Å². The molecule has 0 saturated carbocycles. The Kier molecular flexibility index (Phi) is 8.25. The highest BCUT2D eigenvalue weighted by Crippen LogP contribution is 2.28. The van der Waals surface area contributed by atoms with E-state index in [4.69, 9.17) is 24.2 Å². The lowest BCUT2D eigenvalue weighted by atomic mass is 10.2. The molecule has 0 aliphatic rings. The Hall–Kier alpha value is -1.77. The molecule has 1 aromatic carbocycles. The van der Waals surface area contributed by atoms with Crippen molar-refractivity contribution in [2.45, 2.75) is 33.5 Å². The van der Waals surface area contributed by atoms with Crippen molar-refractivity contribution < 1.29 is 18.9 Å². The lowest BCUT2D eigenvalue weighted by Gasteiger charge is -2.18. The average molecular weight is 293 g/mol. The van der Waals surface area contributed by atoms with Crippen LogP contribution >= 0.6 is 0 Å². The minimum atomic E-state index is -0.256. The normalized spacial score (nSPS) is 10.4. The zero-order valence-electron chi connectivity index (χ0n) is 12.9. The van der Waals surface area contributed by atoms with E-state index in [1.807, 2.05) is 20.8 Å². The molecule has 0 unspecified atom stereocenters. The van der Waals surface area contributed by atoms with Gasteiger partial charge in [-0.1, -0.05) is 0 Å². The molecule has 116 valence electrons. The van der Waals surface area contributed by atoms with Gasteiger partial charge in [-0.25, -0.2) is 0 Å². The van der Waals surface area contributed by atoms with Gasteiger partial charge in [0.2, 0.25) is 0 Å². The maximum absolute atomic E-state index is 8.91. The van der Waals surface area contributed by atoms with Crippen molar-refractivity contribution in [1.29, 1.82) is 5.26 Å². The summed E-state index contributed by atoms with van der Waals surface area (Å²) in [6, 6.07) is 7.23. The number of benzene rings is 1. The van der Waals surface area contributed by atoms with Crippen LogP contribution in [-0.2, 0) is 9.47 Å². The second-order valence-electron chi connectivity index (χ2n) is 4.18. The number of hydrogen-bond acceptors (Lipinski definition) is 5. The summed E-state index contributed by atoms with van der Waals surface area (Å²) in [5, 5.41) is 8.91. The molecule has 0 aliphatic heterocycles. The molecule has 0 saturated heterocycles. The van der Waals surface area contributed by atoms with Crippen molar-refractivity contribution in [2.75, 3.05) is 26.4 Å². The van der Waals surface area contributed by atoms with Crippen LogP contribution in [-0.4, -0.2) is 32.7 Å². The van der Waals surface area contributed by atoms with E-state index in [9.17, 15) is 0 Å². The summed E-state index contributed by atoms with van der Waals surface area (Å²) in [6.45, 7) is 7.93. The molecule has 0 bridgehead atoms. The molecule has 0 fully saturated rings. The molecule has 0 spiro atoms. The van der Waals surface area contributed by atoms with Crippen LogP contribution in [0.25, 0.3) is 0 Å². The van der Waals surface area contributed by atoms with Gasteiger partial charge < -0.3 is 18.9 Å². The van der Waals surface area contributed by atoms with Crippen molar-refractivity contribution in [1.82, 2.24) is 0 Å².